The molecule has 8 heteroatoms. The molecule has 0 atom stereocenters. The van der Waals surface area contributed by atoms with Crippen molar-refractivity contribution >= 4 is 22.6 Å². The Morgan fingerprint density at radius 1 is 0.679 bits per heavy atom. The van der Waals surface area contributed by atoms with Gasteiger partial charge in [0.1, 0.15) is 0 Å². The molecule has 0 N–H and O–H groups in total. The van der Waals surface area contributed by atoms with Gasteiger partial charge >= 0.3 is 174 Å². The van der Waals surface area contributed by atoms with E-state index in [4.69, 9.17) is 28.0 Å². The van der Waals surface area contributed by atoms with Gasteiger partial charge in [0.2, 0.25) is 0 Å². The third kappa shape index (κ3) is 10.8. The maximum atomic E-state index is 7.50. The van der Waals surface area contributed by atoms with Crippen molar-refractivity contribution in [2.24, 2.45) is 0 Å². The second-order valence-corrected chi connectivity index (χ2v) is 9.38. The van der Waals surface area contributed by atoms with Gasteiger partial charge in [-0.15, -0.1) is 0 Å². The van der Waals surface area contributed by atoms with Crippen LogP contribution >= 0.6 is 0 Å². The Kier molecular flexibility index (Phi) is 29.4. The van der Waals surface area contributed by atoms with Crippen LogP contribution in [-0.4, -0.2) is 19.4 Å². The van der Waals surface area contributed by atoms with Crippen molar-refractivity contribution in [3.05, 3.63) is 93.9 Å². The number of hydrogen-bond donors (Lipinski definition) is 0. The molecule has 0 saturated heterocycles. The van der Waals surface area contributed by atoms with Crippen LogP contribution in [0.25, 0.3) is 0 Å². The zero-order chi connectivity index (χ0) is 23.0. The van der Waals surface area contributed by atoms with Gasteiger partial charge in [0, 0.05) is 0 Å². The van der Waals surface area contributed by atoms with Crippen molar-refractivity contribution < 1.29 is 43.8 Å². The van der Waals surface area contributed by atoms with Crippen molar-refractivity contribution in [1.82, 2.24) is 0 Å². The minimum absolute atomic E-state index is 1.01. The van der Waals surface area contributed by atoms with Gasteiger partial charge in [0.15, 0.2) is 0 Å². The summed E-state index contributed by atoms with van der Waals surface area (Å²) in [6.07, 6.45) is 0. The van der Waals surface area contributed by atoms with Crippen LogP contribution in [0.4, 0.5) is 0 Å². The molecule has 0 aliphatic rings. The van der Waals surface area contributed by atoms with Crippen LogP contribution in [0, 0.1) is 33.3 Å². The molecule has 2 rings (SSSR count). The van der Waals surface area contributed by atoms with Crippen LogP contribution in [0.1, 0.15) is 0 Å². The summed E-state index contributed by atoms with van der Waals surface area (Å²) in [4.78, 5) is 0. The Hall–Kier alpha value is -2.28. The van der Waals surface area contributed by atoms with Gasteiger partial charge in [0.05, 0.1) is 0 Å². The molecule has 6 nitrogen and oxygen atoms in total. The summed E-state index contributed by atoms with van der Waals surface area (Å²) in [5, 5.41) is 2.71. The number of hydrogen-bond acceptors (Lipinski definition) is 1. The fraction of sp³-hybridized carbons (Fsp3) is 0.100. The van der Waals surface area contributed by atoms with Crippen LogP contribution in [-0.2, 0) is 43.8 Å². The number of ether oxygens (including phenoxy) is 1. The van der Waals surface area contributed by atoms with Crippen LogP contribution in [0.3, 0.4) is 0 Å². The molecule has 142 valence electrons. The van der Waals surface area contributed by atoms with Crippen LogP contribution in [0.15, 0.2) is 60.7 Å². The van der Waals surface area contributed by atoms with Gasteiger partial charge in [-0.25, -0.2) is 0 Å². The summed E-state index contributed by atoms with van der Waals surface area (Å²) in [6.45, 7) is 24.8. The molecule has 0 aromatic heterocycles. The second kappa shape index (κ2) is 24.7. The fourth-order valence-electron chi connectivity index (χ4n) is 2.15. The summed E-state index contributed by atoms with van der Waals surface area (Å²) in [6, 6.07) is 21.2. The zero-order valence-corrected chi connectivity index (χ0v) is 17.4. The molecule has 28 heavy (non-hydrogen) atoms. The van der Waals surface area contributed by atoms with E-state index in [1.165, 1.54) is 10.4 Å². The summed E-state index contributed by atoms with van der Waals surface area (Å²) in [5.41, 5.74) is 0. The quantitative estimate of drug-likeness (QED) is 0.408. The van der Waals surface area contributed by atoms with Crippen LogP contribution in [0.2, 0.25) is 6.55 Å². The first kappa shape index (κ1) is 33.3. The number of methoxy groups -OCH3 is 1. The van der Waals surface area contributed by atoms with Gasteiger partial charge < -0.3 is 0 Å². The topological polar surface area (TPSA) is 109 Å². The molecular formula is C20H16CrO6Si. The van der Waals surface area contributed by atoms with E-state index in [9.17, 15) is 0 Å². The second-order valence-electron chi connectivity index (χ2n) is 4.35. The van der Waals surface area contributed by atoms with Crippen molar-refractivity contribution in [3.63, 3.8) is 0 Å². The van der Waals surface area contributed by atoms with Crippen molar-refractivity contribution in [3.8, 4) is 0 Å². The Labute approximate surface area is 174 Å². The Bertz CT molecular complexity index is 662. The molecule has 0 aliphatic heterocycles. The van der Waals surface area contributed by atoms with Gasteiger partial charge in [-0.3, -0.25) is 0 Å². The Morgan fingerprint density at radius 3 is 1.14 bits per heavy atom. The average Bonchev–Trinajstić information content (AvgIpc) is 2.85. The SMILES string of the molecule is CO[C](=[Cr])[Si](C)(c1ccccc1)c1ccccc1.[C-]#[O+].[C-]#[O+].[C-]#[O+].[C-]#[O+].[C-]#[O+]. The molecule has 0 unspecified atom stereocenters. The van der Waals surface area contributed by atoms with E-state index < -0.39 is 8.07 Å². The van der Waals surface area contributed by atoms with E-state index in [2.05, 4.69) is 116 Å². The van der Waals surface area contributed by atoms with E-state index >= 15 is 0 Å². The molecule has 0 bridgehead atoms. The third-order valence-corrected chi connectivity index (χ3v) is 9.47. The molecule has 2 aromatic rings. The minimum atomic E-state index is -1.97. The normalized spacial score (nSPS) is 7.57. The van der Waals surface area contributed by atoms with Gasteiger partial charge in [-0.05, 0) is 0 Å². The summed E-state index contributed by atoms with van der Waals surface area (Å²) in [7, 11) is -0.227. The first-order valence-electron chi connectivity index (χ1n) is 6.91. The summed E-state index contributed by atoms with van der Waals surface area (Å²) in [5.74, 6) is 0. The molecule has 0 spiro atoms. The van der Waals surface area contributed by atoms with E-state index in [0.29, 0.717) is 0 Å². The Balaban J connectivity index is -0.000000251. The van der Waals surface area contributed by atoms with E-state index in [0.717, 1.165) is 4.19 Å². The number of rotatable bonds is 4. The maximum absolute atomic E-state index is 7.50. The first-order chi connectivity index (χ1) is 13.7. The fourth-order valence-corrected chi connectivity index (χ4v) is 6.18. The molecule has 2 aromatic carbocycles. The van der Waals surface area contributed by atoms with Crippen LogP contribution in [0.5, 0.6) is 0 Å². The first-order valence-corrected chi connectivity index (χ1v) is 10.0. The predicted octanol–water partition coefficient (Wildman–Crippen LogP) is 1.55. The standard InChI is InChI=1S/C15H16OSi.5CO.Cr/c1-16-13-17(2,14-9-5-3-6-10-14)15-11-7-4-8-12-15;5*1-2;/h3-12H,1-2H3;;;;;;. The van der Waals surface area contributed by atoms with E-state index in [1.54, 1.807) is 7.11 Å². The Morgan fingerprint density at radius 2 is 0.929 bits per heavy atom. The third-order valence-electron chi connectivity index (χ3n) is 3.30. The van der Waals surface area contributed by atoms with Crippen molar-refractivity contribution in [2.75, 3.05) is 7.11 Å². The van der Waals surface area contributed by atoms with Crippen molar-refractivity contribution in [1.29, 1.82) is 0 Å². The molecule has 0 fully saturated rings. The summed E-state index contributed by atoms with van der Waals surface area (Å²) < 4.78 is 44.1. The molecule has 0 saturated carbocycles. The molecule has 0 amide bonds. The van der Waals surface area contributed by atoms with Gasteiger partial charge in [-0.1, -0.05) is 0 Å². The summed E-state index contributed by atoms with van der Waals surface area (Å²) >= 11 is 3.12. The molecule has 0 heterocycles. The van der Waals surface area contributed by atoms with Gasteiger partial charge in [-0.2, -0.15) is 0 Å². The molecule has 0 radical (unpaired) electrons. The van der Waals surface area contributed by atoms with E-state index in [1.807, 2.05) is 0 Å². The van der Waals surface area contributed by atoms with Crippen LogP contribution < -0.4 is 10.4 Å². The number of benzene rings is 2. The average molecular weight is 432 g/mol. The van der Waals surface area contributed by atoms with Crippen molar-refractivity contribution in [2.45, 2.75) is 6.55 Å². The zero-order valence-electron chi connectivity index (χ0n) is 15.1. The monoisotopic (exact) mass is 432 g/mol. The van der Waals surface area contributed by atoms with Gasteiger partial charge in [0.25, 0.3) is 0 Å². The predicted molar refractivity (Wildman–Crippen MR) is 95.4 cm³/mol. The molecule has 0 aliphatic carbocycles. The molecular weight excluding hydrogens is 416 g/mol. The van der Waals surface area contributed by atoms with E-state index in [-0.39, 0.29) is 0 Å².